The summed E-state index contributed by atoms with van der Waals surface area (Å²) in [6, 6.07) is 10.5. The summed E-state index contributed by atoms with van der Waals surface area (Å²) >= 11 is 0. The number of nitrogens with one attached hydrogen (secondary N) is 2. The van der Waals surface area contributed by atoms with E-state index in [0.717, 1.165) is 19.3 Å². The Kier molecular flexibility index (Phi) is 6.28. The number of fused-ring (bicyclic) bond motifs is 2. The van der Waals surface area contributed by atoms with Gasteiger partial charge in [-0.25, -0.2) is 9.37 Å². The molecule has 2 fully saturated rings. The normalized spacial score (nSPS) is 22.3. The number of aromatic nitrogens is 2. The fraction of sp³-hybridized carbons (Fsp3) is 0.440. The van der Waals surface area contributed by atoms with Crippen LogP contribution in [0.4, 0.5) is 29.1 Å². The number of ether oxygens (including phenoxy) is 1. The van der Waals surface area contributed by atoms with Gasteiger partial charge in [-0.05, 0) is 55.2 Å². The van der Waals surface area contributed by atoms with E-state index >= 15 is 0 Å². The minimum Gasteiger partial charge on any atom is -0.493 e. The molecule has 3 aromatic rings. The lowest BCUT2D eigenvalue weighted by molar-refractivity contribution is -0.144. The Morgan fingerprint density at radius 2 is 1.94 bits per heavy atom. The number of H-pyrrole nitrogens is 1. The zero-order valence-corrected chi connectivity index (χ0v) is 18.9. The van der Waals surface area contributed by atoms with E-state index in [0.29, 0.717) is 65.6 Å². The van der Waals surface area contributed by atoms with Crippen molar-refractivity contribution in [1.29, 1.82) is 5.26 Å². The summed E-state index contributed by atoms with van der Waals surface area (Å²) in [7, 11) is 0. The monoisotopic (exact) mass is 487 g/mol. The standard InChI is InChI=1S/C25H25F4N5O/c26-22-11-31-23-8-18(1-2-21(22)23)32-24-9-20(7-19(10-30)33-24)35-4-3-15-5-16-12-34(13-17(16)6-15)14-25(27,28)29/h1-2,7-9,11,15-17,31H,3-6,12-14H2,(H,32,33)/t15?,16-,17+. The number of benzene rings is 1. The Bertz CT molecular complexity index is 1240. The number of nitrogens with zero attached hydrogens (tertiary/aromatic N) is 3. The van der Waals surface area contributed by atoms with Gasteiger partial charge in [-0.1, -0.05) is 0 Å². The van der Waals surface area contributed by atoms with Crippen molar-refractivity contribution in [2.75, 3.05) is 31.6 Å². The van der Waals surface area contributed by atoms with Crippen LogP contribution in [0.1, 0.15) is 25.0 Å². The molecule has 2 aromatic heterocycles. The summed E-state index contributed by atoms with van der Waals surface area (Å²) < 4.78 is 57.6. The van der Waals surface area contributed by atoms with E-state index in [1.807, 2.05) is 6.07 Å². The number of aromatic amines is 1. The first-order valence-corrected chi connectivity index (χ1v) is 11.6. The quantitative estimate of drug-likeness (QED) is 0.424. The summed E-state index contributed by atoms with van der Waals surface area (Å²) in [6.45, 7) is 0.683. The Balaban J connectivity index is 1.15. The van der Waals surface area contributed by atoms with E-state index in [1.54, 1.807) is 30.3 Å². The number of likely N-dealkylation sites (tertiary alicyclic amines) is 1. The van der Waals surface area contributed by atoms with Crippen molar-refractivity contribution in [2.45, 2.75) is 25.4 Å². The topological polar surface area (TPSA) is 77.0 Å². The van der Waals surface area contributed by atoms with Crippen LogP contribution in [-0.4, -0.2) is 47.3 Å². The second-order valence-corrected chi connectivity index (χ2v) is 9.51. The highest BCUT2D eigenvalue weighted by Crippen LogP contribution is 2.43. The van der Waals surface area contributed by atoms with Crippen LogP contribution >= 0.6 is 0 Å². The molecule has 1 aromatic carbocycles. The van der Waals surface area contributed by atoms with Crippen molar-refractivity contribution in [3.05, 3.63) is 48.0 Å². The number of pyridine rings is 1. The van der Waals surface area contributed by atoms with E-state index in [9.17, 15) is 22.8 Å². The maximum Gasteiger partial charge on any atom is 0.401 e. The van der Waals surface area contributed by atoms with Gasteiger partial charge in [-0.15, -0.1) is 0 Å². The second kappa shape index (κ2) is 9.38. The Morgan fingerprint density at radius 1 is 1.17 bits per heavy atom. The van der Waals surface area contributed by atoms with Gasteiger partial charge in [0.2, 0.25) is 0 Å². The zero-order valence-electron chi connectivity index (χ0n) is 18.9. The molecule has 3 atom stereocenters. The number of hydrogen-bond donors (Lipinski definition) is 2. The molecule has 0 spiro atoms. The molecule has 1 unspecified atom stereocenters. The van der Waals surface area contributed by atoms with Crippen LogP contribution in [0.25, 0.3) is 10.9 Å². The van der Waals surface area contributed by atoms with Crippen molar-refractivity contribution < 1.29 is 22.3 Å². The number of anilines is 2. The summed E-state index contributed by atoms with van der Waals surface area (Å²) in [4.78, 5) is 8.66. The molecule has 0 radical (unpaired) electrons. The number of alkyl halides is 3. The smallest absolute Gasteiger partial charge is 0.401 e. The minimum atomic E-state index is -4.14. The highest BCUT2D eigenvalue weighted by atomic mass is 19.4. The largest absolute Gasteiger partial charge is 0.493 e. The number of rotatable bonds is 7. The van der Waals surface area contributed by atoms with E-state index in [2.05, 4.69) is 15.3 Å². The highest BCUT2D eigenvalue weighted by molar-refractivity contribution is 5.84. The fourth-order valence-electron chi connectivity index (χ4n) is 5.51. The van der Waals surface area contributed by atoms with Crippen LogP contribution in [0, 0.1) is 34.9 Å². The van der Waals surface area contributed by atoms with E-state index in [-0.39, 0.29) is 11.5 Å². The summed E-state index contributed by atoms with van der Waals surface area (Å²) in [6.07, 6.45) is -0.175. The van der Waals surface area contributed by atoms with Gasteiger partial charge < -0.3 is 15.0 Å². The lowest BCUT2D eigenvalue weighted by Crippen LogP contribution is -2.33. The molecule has 184 valence electrons. The first-order chi connectivity index (χ1) is 16.8. The van der Waals surface area contributed by atoms with Crippen LogP contribution in [0.3, 0.4) is 0 Å². The molecule has 1 saturated carbocycles. The van der Waals surface area contributed by atoms with Gasteiger partial charge in [-0.2, -0.15) is 18.4 Å². The average Bonchev–Trinajstić information content (AvgIpc) is 3.45. The molecule has 2 aliphatic rings. The second-order valence-electron chi connectivity index (χ2n) is 9.51. The summed E-state index contributed by atoms with van der Waals surface area (Å²) in [5.74, 6) is 1.72. The van der Waals surface area contributed by atoms with Gasteiger partial charge in [0.25, 0.3) is 0 Å². The molecular formula is C25H25F4N5O. The lowest BCUT2D eigenvalue weighted by atomic mass is 10.0. The molecule has 5 rings (SSSR count). The Labute approximate surface area is 199 Å². The molecule has 0 amide bonds. The Hall–Kier alpha value is -3.32. The molecule has 35 heavy (non-hydrogen) atoms. The third-order valence-electron chi connectivity index (χ3n) is 6.94. The molecule has 0 bridgehead atoms. The molecule has 1 aliphatic carbocycles. The molecule has 6 nitrogen and oxygen atoms in total. The molecule has 2 N–H and O–H groups in total. The van der Waals surface area contributed by atoms with Crippen LogP contribution in [0.2, 0.25) is 0 Å². The van der Waals surface area contributed by atoms with Crippen molar-refractivity contribution >= 4 is 22.4 Å². The zero-order chi connectivity index (χ0) is 24.6. The number of nitriles is 1. The first-order valence-electron chi connectivity index (χ1n) is 11.6. The van der Waals surface area contributed by atoms with Crippen molar-refractivity contribution in [3.8, 4) is 11.8 Å². The van der Waals surface area contributed by atoms with E-state index < -0.39 is 12.7 Å². The van der Waals surface area contributed by atoms with Gasteiger partial charge in [0.05, 0.1) is 18.7 Å². The summed E-state index contributed by atoms with van der Waals surface area (Å²) in [5, 5.41) is 13.0. The van der Waals surface area contributed by atoms with Gasteiger partial charge in [0.1, 0.15) is 29.1 Å². The van der Waals surface area contributed by atoms with Gasteiger partial charge in [0, 0.05) is 42.5 Å². The third-order valence-corrected chi connectivity index (χ3v) is 6.94. The third kappa shape index (κ3) is 5.51. The van der Waals surface area contributed by atoms with Crippen molar-refractivity contribution in [1.82, 2.24) is 14.9 Å². The lowest BCUT2D eigenvalue weighted by Gasteiger charge is -2.20. The fourth-order valence-corrected chi connectivity index (χ4v) is 5.51. The predicted molar refractivity (Wildman–Crippen MR) is 123 cm³/mol. The number of halogens is 4. The number of hydrogen-bond acceptors (Lipinski definition) is 5. The van der Waals surface area contributed by atoms with Gasteiger partial charge in [0.15, 0.2) is 0 Å². The molecule has 3 heterocycles. The van der Waals surface area contributed by atoms with Crippen LogP contribution in [-0.2, 0) is 0 Å². The van der Waals surface area contributed by atoms with Crippen LogP contribution in [0.15, 0.2) is 36.5 Å². The van der Waals surface area contributed by atoms with Crippen LogP contribution < -0.4 is 10.1 Å². The maximum absolute atomic E-state index is 13.7. The molecule has 1 saturated heterocycles. The van der Waals surface area contributed by atoms with Crippen molar-refractivity contribution in [3.63, 3.8) is 0 Å². The first kappa shape index (κ1) is 23.4. The predicted octanol–water partition coefficient (Wildman–Crippen LogP) is 5.61. The van der Waals surface area contributed by atoms with Gasteiger partial charge >= 0.3 is 6.18 Å². The SMILES string of the molecule is N#Cc1cc(OCCC2C[C@@H]3CN(CC(F)(F)F)C[C@@H]3C2)cc(Nc2ccc3c(F)c[nH]c3c2)n1. The Morgan fingerprint density at radius 3 is 2.66 bits per heavy atom. The highest BCUT2D eigenvalue weighted by Gasteiger charge is 2.43. The average molecular weight is 488 g/mol. The summed E-state index contributed by atoms with van der Waals surface area (Å²) in [5.41, 5.74) is 1.53. The molecule has 10 heteroatoms. The van der Waals surface area contributed by atoms with E-state index in [1.165, 1.54) is 11.1 Å². The molecular weight excluding hydrogens is 462 g/mol. The minimum absolute atomic E-state index is 0.206. The van der Waals surface area contributed by atoms with Crippen LogP contribution in [0.5, 0.6) is 5.75 Å². The molecule has 1 aliphatic heterocycles. The van der Waals surface area contributed by atoms with E-state index in [4.69, 9.17) is 4.74 Å². The van der Waals surface area contributed by atoms with Crippen molar-refractivity contribution in [2.24, 2.45) is 17.8 Å². The maximum atomic E-state index is 13.7. The van der Waals surface area contributed by atoms with Gasteiger partial charge in [-0.3, -0.25) is 4.90 Å².